The van der Waals surface area contributed by atoms with Crippen LogP contribution in [0.5, 0.6) is 0 Å². The van der Waals surface area contributed by atoms with Crippen LogP contribution in [0.25, 0.3) is 0 Å². The highest BCUT2D eigenvalue weighted by atomic mass is 32.2. The highest BCUT2D eigenvalue weighted by Gasteiger charge is 2.21. The van der Waals surface area contributed by atoms with Crippen molar-refractivity contribution in [3.8, 4) is 0 Å². The molecule has 28 heavy (non-hydrogen) atoms. The van der Waals surface area contributed by atoms with Crippen molar-refractivity contribution in [3.63, 3.8) is 0 Å². The number of hydrogen-bond donors (Lipinski definition) is 2. The van der Waals surface area contributed by atoms with Crippen molar-refractivity contribution in [3.05, 3.63) is 65.2 Å². The Morgan fingerprint density at radius 1 is 1.07 bits per heavy atom. The summed E-state index contributed by atoms with van der Waals surface area (Å²) in [5, 5.41) is 3.01. The molecule has 0 saturated carbocycles. The highest BCUT2D eigenvalue weighted by Crippen LogP contribution is 2.29. The lowest BCUT2D eigenvalue weighted by molar-refractivity contribution is -0.121. The molecule has 1 atom stereocenters. The molecule has 1 amide bonds. The molecule has 0 radical (unpaired) electrons. The van der Waals surface area contributed by atoms with Crippen molar-refractivity contribution >= 4 is 21.7 Å². The Hall–Kier alpha value is -2.51. The van der Waals surface area contributed by atoms with Gasteiger partial charge < -0.3 is 5.32 Å². The lowest BCUT2D eigenvalue weighted by Crippen LogP contribution is -2.34. The topological polar surface area (TPSA) is 92.3 Å². The van der Waals surface area contributed by atoms with Gasteiger partial charge in [-0.05, 0) is 49.4 Å². The number of hydrogen-bond acceptors (Lipinski definition) is 4. The van der Waals surface area contributed by atoms with E-state index in [0.717, 1.165) is 24.8 Å². The molecule has 1 aliphatic carbocycles. The van der Waals surface area contributed by atoms with Gasteiger partial charge in [-0.3, -0.25) is 9.59 Å². The quantitative estimate of drug-likeness (QED) is 0.699. The van der Waals surface area contributed by atoms with Gasteiger partial charge in [-0.15, -0.1) is 0 Å². The molecule has 0 aromatic heterocycles. The van der Waals surface area contributed by atoms with Crippen LogP contribution in [0.4, 0.5) is 0 Å². The zero-order valence-electron chi connectivity index (χ0n) is 15.8. The summed E-state index contributed by atoms with van der Waals surface area (Å²) < 4.78 is 27.1. The van der Waals surface area contributed by atoms with Gasteiger partial charge in [0.25, 0.3) is 0 Å². The number of Topliss-reactive ketones (excluding diaryl/α,β-unsaturated/α-hetero) is 1. The van der Waals surface area contributed by atoms with E-state index in [1.807, 2.05) is 18.2 Å². The van der Waals surface area contributed by atoms with Crippen molar-refractivity contribution in [2.45, 2.75) is 43.5 Å². The third-order valence-corrected chi connectivity index (χ3v) is 6.40. The van der Waals surface area contributed by atoms with Gasteiger partial charge in [0.2, 0.25) is 15.9 Å². The predicted octanol–water partition coefficient (Wildman–Crippen LogP) is 2.75. The molecule has 0 spiro atoms. The van der Waals surface area contributed by atoms with Crippen molar-refractivity contribution in [2.75, 3.05) is 6.54 Å². The van der Waals surface area contributed by atoms with E-state index in [1.165, 1.54) is 36.8 Å². The Morgan fingerprint density at radius 2 is 1.79 bits per heavy atom. The normalized spacial score (nSPS) is 16.2. The Kier molecular flexibility index (Phi) is 6.26. The Labute approximate surface area is 165 Å². The predicted molar refractivity (Wildman–Crippen MR) is 107 cm³/mol. The fourth-order valence-electron chi connectivity index (χ4n) is 3.42. The molecule has 2 aromatic carbocycles. The summed E-state index contributed by atoms with van der Waals surface area (Å²) in [6, 6.07) is 13.8. The minimum absolute atomic E-state index is 0.0109. The molecular weight excluding hydrogens is 376 g/mol. The van der Waals surface area contributed by atoms with E-state index < -0.39 is 10.0 Å². The maximum atomic E-state index is 12.3. The highest BCUT2D eigenvalue weighted by molar-refractivity contribution is 7.89. The first kappa shape index (κ1) is 20.2. The van der Waals surface area contributed by atoms with Crippen LogP contribution in [0.15, 0.2) is 53.4 Å². The molecule has 7 heteroatoms. The molecule has 2 aromatic rings. The van der Waals surface area contributed by atoms with Crippen molar-refractivity contribution in [1.29, 1.82) is 0 Å². The molecule has 148 valence electrons. The molecule has 0 fully saturated rings. The summed E-state index contributed by atoms with van der Waals surface area (Å²) in [7, 11) is -3.72. The van der Waals surface area contributed by atoms with Crippen LogP contribution in [0.2, 0.25) is 0 Å². The molecule has 0 bridgehead atoms. The second-order valence-corrected chi connectivity index (χ2v) is 8.71. The number of aryl methyl sites for hydroxylation is 1. The Bertz CT molecular complexity index is 968. The van der Waals surface area contributed by atoms with Crippen molar-refractivity contribution < 1.29 is 18.0 Å². The third kappa shape index (κ3) is 4.85. The molecule has 1 aliphatic rings. The van der Waals surface area contributed by atoms with E-state index in [2.05, 4.69) is 16.1 Å². The second-order valence-electron chi connectivity index (χ2n) is 6.94. The zero-order chi connectivity index (χ0) is 20.1. The standard InChI is InChI=1S/C21H24N2O4S/c1-15(24)16-9-11-18(12-10-16)28(26,27)22-14-13-21(25)23-20-8-4-6-17-5-2-3-7-19(17)20/h2-3,5,7,9-12,20,22H,4,6,8,13-14H2,1H3,(H,23,25). The average Bonchev–Trinajstić information content (AvgIpc) is 2.68. The molecule has 0 aliphatic heterocycles. The first-order valence-corrected chi connectivity index (χ1v) is 10.8. The SMILES string of the molecule is CC(=O)c1ccc(S(=O)(=O)NCCC(=O)NC2CCCc3ccccc32)cc1. The maximum Gasteiger partial charge on any atom is 0.240 e. The van der Waals surface area contributed by atoms with Crippen LogP contribution >= 0.6 is 0 Å². The lowest BCUT2D eigenvalue weighted by atomic mass is 9.88. The molecular formula is C21H24N2O4S. The number of sulfonamides is 1. The number of ketones is 1. The van der Waals surface area contributed by atoms with E-state index in [4.69, 9.17) is 0 Å². The van der Waals surface area contributed by atoms with E-state index in [-0.39, 0.29) is 35.6 Å². The summed E-state index contributed by atoms with van der Waals surface area (Å²) in [4.78, 5) is 23.6. The molecule has 0 heterocycles. The average molecular weight is 401 g/mol. The number of carbonyl (C=O) groups excluding carboxylic acids is 2. The van der Waals surface area contributed by atoms with Gasteiger partial charge in [0.15, 0.2) is 5.78 Å². The van der Waals surface area contributed by atoms with E-state index in [0.29, 0.717) is 5.56 Å². The minimum atomic E-state index is -3.72. The van der Waals surface area contributed by atoms with Crippen LogP contribution in [0.3, 0.4) is 0 Å². The van der Waals surface area contributed by atoms with E-state index in [9.17, 15) is 18.0 Å². The number of amides is 1. The van der Waals surface area contributed by atoms with Crippen LogP contribution in [-0.4, -0.2) is 26.7 Å². The fraction of sp³-hybridized carbons (Fsp3) is 0.333. The number of carbonyl (C=O) groups is 2. The summed E-state index contributed by atoms with van der Waals surface area (Å²) >= 11 is 0. The molecule has 0 saturated heterocycles. The number of fused-ring (bicyclic) bond motifs is 1. The zero-order valence-corrected chi connectivity index (χ0v) is 16.6. The van der Waals surface area contributed by atoms with Gasteiger partial charge in [-0.25, -0.2) is 13.1 Å². The number of rotatable bonds is 7. The molecule has 3 rings (SSSR count). The Balaban J connectivity index is 1.53. The van der Waals surface area contributed by atoms with Crippen LogP contribution in [0, 0.1) is 0 Å². The fourth-order valence-corrected chi connectivity index (χ4v) is 4.45. The lowest BCUT2D eigenvalue weighted by Gasteiger charge is -2.26. The van der Waals surface area contributed by atoms with Crippen LogP contribution in [0.1, 0.15) is 53.7 Å². The van der Waals surface area contributed by atoms with E-state index >= 15 is 0 Å². The first-order valence-electron chi connectivity index (χ1n) is 9.34. The van der Waals surface area contributed by atoms with Gasteiger partial charge in [0.1, 0.15) is 0 Å². The van der Waals surface area contributed by atoms with E-state index in [1.54, 1.807) is 0 Å². The summed E-state index contributed by atoms with van der Waals surface area (Å²) in [5.41, 5.74) is 2.85. The van der Waals surface area contributed by atoms with Crippen LogP contribution < -0.4 is 10.0 Å². The third-order valence-electron chi connectivity index (χ3n) is 4.92. The monoisotopic (exact) mass is 400 g/mol. The second kappa shape index (κ2) is 8.67. The smallest absolute Gasteiger partial charge is 0.240 e. The summed E-state index contributed by atoms with van der Waals surface area (Å²) in [6.07, 6.45) is 2.98. The Morgan fingerprint density at radius 3 is 2.50 bits per heavy atom. The maximum absolute atomic E-state index is 12.3. The molecule has 2 N–H and O–H groups in total. The van der Waals surface area contributed by atoms with Gasteiger partial charge in [-0.1, -0.05) is 36.4 Å². The van der Waals surface area contributed by atoms with Gasteiger partial charge in [0.05, 0.1) is 10.9 Å². The number of nitrogens with one attached hydrogen (secondary N) is 2. The summed E-state index contributed by atoms with van der Waals surface area (Å²) in [6.45, 7) is 1.43. The van der Waals surface area contributed by atoms with Crippen LogP contribution in [-0.2, 0) is 21.2 Å². The summed E-state index contributed by atoms with van der Waals surface area (Å²) in [5.74, 6) is -0.311. The largest absolute Gasteiger partial charge is 0.349 e. The molecule has 1 unspecified atom stereocenters. The number of benzene rings is 2. The van der Waals surface area contributed by atoms with Crippen molar-refractivity contribution in [1.82, 2.24) is 10.0 Å². The first-order chi connectivity index (χ1) is 13.4. The van der Waals surface area contributed by atoms with Gasteiger partial charge in [0, 0.05) is 18.5 Å². The minimum Gasteiger partial charge on any atom is -0.349 e. The molecule has 6 nitrogen and oxygen atoms in total. The van der Waals surface area contributed by atoms with Gasteiger partial charge in [-0.2, -0.15) is 0 Å². The van der Waals surface area contributed by atoms with Gasteiger partial charge >= 0.3 is 0 Å². The van der Waals surface area contributed by atoms with Crippen molar-refractivity contribution in [2.24, 2.45) is 0 Å².